The predicted octanol–water partition coefficient (Wildman–Crippen LogP) is 5.46. The predicted molar refractivity (Wildman–Crippen MR) is 140 cm³/mol. The van der Waals surface area contributed by atoms with Gasteiger partial charge in [0.1, 0.15) is 12.0 Å². The molecule has 0 spiro atoms. The number of aliphatic hydroxyl groups excluding tert-OH is 1. The van der Waals surface area contributed by atoms with Gasteiger partial charge in [-0.25, -0.2) is 14.2 Å². The summed E-state index contributed by atoms with van der Waals surface area (Å²) in [6, 6.07) is 15.8. The Morgan fingerprint density at radius 1 is 1.16 bits per heavy atom. The molecule has 190 valence electrons. The minimum atomic E-state index is -0.976. The lowest BCUT2D eigenvalue weighted by atomic mass is 9.98. The van der Waals surface area contributed by atoms with Crippen LogP contribution < -0.4 is 5.76 Å². The smallest absolute Gasteiger partial charge is 0.390 e. The van der Waals surface area contributed by atoms with Crippen LogP contribution >= 0.6 is 0 Å². The van der Waals surface area contributed by atoms with E-state index in [1.165, 1.54) is 0 Å². The lowest BCUT2D eigenvalue weighted by molar-refractivity contribution is 0.270. The maximum Gasteiger partial charge on any atom is 0.439 e. The molecule has 0 saturated carbocycles. The summed E-state index contributed by atoms with van der Waals surface area (Å²) in [7, 11) is 0. The topological polar surface area (TPSA) is 96.9 Å². The van der Waals surface area contributed by atoms with E-state index < -0.39 is 11.9 Å². The van der Waals surface area contributed by atoms with E-state index in [1.807, 2.05) is 42.5 Å². The standard InChI is InChI=1S/C29H29FN4O3/c1-2-3-8-26-31-27(21-13-15-22(30)16-14-21)25(18-35)34(26)17-19-9-11-20(12-10-19)23-6-4-5-7-24(23)28-32-29(36)37-33-28/h4-7,9-15,22,35H,2-3,8,16-18H2,1H3,(H,32,33,36). The maximum atomic E-state index is 13.6. The van der Waals surface area contributed by atoms with Crippen molar-refractivity contribution in [2.45, 2.75) is 51.9 Å². The van der Waals surface area contributed by atoms with Gasteiger partial charge in [-0.1, -0.05) is 79.2 Å². The van der Waals surface area contributed by atoms with E-state index in [2.05, 4.69) is 33.8 Å². The largest absolute Gasteiger partial charge is 0.439 e. The molecule has 0 saturated heterocycles. The lowest BCUT2D eigenvalue weighted by Crippen LogP contribution is -2.10. The molecule has 0 bridgehead atoms. The molecule has 0 aliphatic heterocycles. The fraction of sp³-hybridized carbons (Fsp3) is 0.276. The van der Waals surface area contributed by atoms with Crippen molar-refractivity contribution in [3.05, 3.63) is 100 Å². The number of nitrogens with zero attached hydrogens (tertiary/aromatic N) is 3. The van der Waals surface area contributed by atoms with Crippen molar-refractivity contribution in [1.82, 2.24) is 19.7 Å². The molecule has 1 atom stereocenters. The van der Waals surface area contributed by atoms with Crippen molar-refractivity contribution < 1.29 is 14.0 Å². The van der Waals surface area contributed by atoms with Gasteiger partial charge < -0.3 is 9.67 Å². The number of halogens is 1. The van der Waals surface area contributed by atoms with Crippen LogP contribution in [-0.2, 0) is 19.6 Å². The van der Waals surface area contributed by atoms with Gasteiger partial charge in [0.2, 0.25) is 0 Å². The number of aromatic nitrogens is 4. The summed E-state index contributed by atoms with van der Waals surface area (Å²) < 4.78 is 20.4. The van der Waals surface area contributed by atoms with Gasteiger partial charge in [0.15, 0.2) is 5.82 Å². The highest BCUT2D eigenvalue weighted by Crippen LogP contribution is 2.31. The second kappa shape index (κ2) is 10.9. The van der Waals surface area contributed by atoms with E-state index in [-0.39, 0.29) is 6.61 Å². The zero-order chi connectivity index (χ0) is 25.8. The number of H-pyrrole nitrogens is 1. The van der Waals surface area contributed by atoms with E-state index in [9.17, 15) is 14.3 Å². The van der Waals surface area contributed by atoms with Crippen LogP contribution in [0.5, 0.6) is 0 Å². The summed E-state index contributed by atoms with van der Waals surface area (Å²) in [5.41, 5.74) is 6.05. The summed E-state index contributed by atoms with van der Waals surface area (Å²) in [4.78, 5) is 19.0. The molecular formula is C29H29FN4O3. The van der Waals surface area contributed by atoms with Crippen molar-refractivity contribution in [3.8, 4) is 22.5 Å². The fourth-order valence-corrected chi connectivity index (χ4v) is 4.67. The third kappa shape index (κ3) is 5.24. The first-order chi connectivity index (χ1) is 18.1. The van der Waals surface area contributed by atoms with Crippen LogP contribution in [0.2, 0.25) is 0 Å². The average molecular weight is 501 g/mol. The Morgan fingerprint density at radius 3 is 2.59 bits per heavy atom. The number of hydrogen-bond donors (Lipinski definition) is 2. The third-order valence-electron chi connectivity index (χ3n) is 6.60. The summed E-state index contributed by atoms with van der Waals surface area (Å²) in [5, 5.41) is 14.1. The number of allylic oxidation sites excluding steroid dienone is 4. The first-order valence-electron chi connectivity index (χ1n) is 12.5. The van der Waals surface area contributed by atoms with E-state index in [0.717, 1.165) is 64.3 Å². The second-order valence-electron chi connectivity index (χ2n) is 9.13. The van der Waals surface area contributed by atoms with Crippen molar-refractivity contribution in [3.63, 3.8) is 0 Å². The Kier molecular flexibility index (Phi) is 7.28. The van der Waals surface area contributed by atoms with E-state index in [4.69, 9.17) is 9.51 Å². The van der Waals surface area contributed by atoms with Gasteiger partial charge in [0, 0.05) is 24.9 Å². The highest BCUT2D eigenvalue weighted by Gasteiger charge is 2.20. The number of nitrogens with one attached hydrogen (secondary N) is 1. The molecule has 8 heteroatoms. The van der Waals surface area contributed by atoms with Crippen LogP contribution in [0, 0.1) is 0 Å². The minimum absolute atomic E-state index is 0.153. The second-order valence-corrected chi connectivity index (χ2v) is 9.13. The fourth-order valence-electron chi connectivity index (χ4n) is 4.67. The molecule has 1 unspecified atom stereocenters. The number of aromatic amines is 1. The van der Waals surface area contributed by atoms with E-state index in [1.54, 1.807) is 12.2 Å². The first kappa shape index (κ1) is 24.6. The molecular weight excluding hydrogens is 471 g/mol. The quantitative estimate of drug-likeness (QED) is 0.318. The molecule has 0 radical (unpaired) electrons. The molecule has 2 aromatic carbocycles. The van der Waals surface area contributed by atoms with Crippen molar-refractivity contribution in [2.75, 3.05) is 0 Å². The number of imidazole rings is 1. The van der Waals surface area contributed by atoms with Crippen LogP contribution in [0.1, 0.15) is 49.0 Å². The molecule has 2 heterocycles. The zero-order valence-electron chi connectivity index (χ0n) is 20.7. The number of aryl methyl sites for hydroxylation is 1. The van der Waals surface area contributed by atoms with E-state index >= 15 is 0 Å². The van der Waals surface area contributed by atoms with Crippen LogP contribution in [0.3, 0.4) is 0 Å². The van der Waals surface area contributed by atoms with Gasteiger partial charge in [-0.15, -0.1) is 0 Å². The molecule has 2 N–H and O–H groups in total. The van der Waals surface area contributed by atoms with Gasteiger partial charge >= 0.3 is 5.76 Å². The van der Waals surface area contributed by atoms with Gasteiger partial charge in [-0.05, 0) is 34.8 Å². The maximum absolute atomic E-state index is 13.6. The molecule has 0 amide bonds. The van der Waals surface area contributed by atoms with Crippen LogP contribution in [0.25, 0.3) is 28.1 Å². The number of alkyl halides is 1. The molecule has 37 heavy (non-hydrogen) atoms. The number of aliphatic hydroxyl groups is 1. The van der Waals surface area contributed by atoms with Crippen molar-refractivity contribution >= 4 is 5.57 Å². The first-order valence-corrected chi connectivity index (χ1v) is 12.5. The van der Waals surface area contributed by atoms with Crippen LogP contribution in [-0.4, -0.2) is 31.0 Å². The number of rotatable bonds is 9. The Bertz CT molecular complexity index is 1490. The van der Waals surface area contributed by atoms with Gasteiger partial charge in [0.05, 0.1) is 18.0 Å². The summed E-state index contributed by atoms with van der Waals surface area (Å²) in [6.07, 6.45) is 7.33. The lowest BCUT2D eigenvalue weighted by Gasteiger charge is -2.14. The zero-order valence-corrected chi connectivity index (χ0v) is 20.7. The number of hydrogen-bond acceptors (Lipinski definition) is 5. The van der Waals surface area contributed by atoms with Crippen molar-refractivity contribution in [2.24, 2.45) is 0 Å². The minimum Gasteiger partial charge on any atom is -0.390 e. The van der Waals surface area contributed by atoms with Gasteiger partial charge in [-0.3, -0.25) is 9.51 Å². The van der Waals surface area contributed by atoms with Gasteiger partial charge in [-0.2, -0.15) is 0 Å². The summed E-state index contributed by atoms with van der Waals surface area (Å²) in [5.74, 6) is 0.707. The molecule has 2 aromatic heterocycles. The monoisotopic (exact) mass is 500 g/mol. The summed E-state index contributed by atoms with van der Waals surface area (Å²) >= 11 is 0. The molecule has 7 nitrogen and oxygen atoms in total. The number of benzene rings is 2. The number of unbranched alkanes of at least 4 members (excludes halogenated alkanes) is 1. The highest BCUT2D eigenvalue weighted by atomic mass is 19.1. The van der Waals surface area contributed by atoms with Crippen LogP contribution in [0.15, 0.2) is 76.1 Å². The van der Waals surface area contributed by atoms with Crippen LogP contribution in [0.4, 0.5) is 4.39 Å². The average Bonchev–Trinajstić information content (AvgIpc) is 3.51. The Labute approximate surface area is 214 Å². The molecule has 1 aliphatic rings. The van der Waals surface area contributed by atoms with Gasteiger partial charge in [0.25, 0.3) is 0 Å². The highest BCUT2D eigenvalue weighted by molar-refractivity contribution is 5.80. The molecule has 4 aromatic rings. The Hall–Kier alpha value is -4.04. The van der Waals surface area contributed by atoms with Crippen molar-refractivity contribution in [1.29, 1.82) is 0 Å². The SMILES string of the molecule is CCCCc1nc(C2=CCC(F)C=C2)c(CO)n1Cc1ccc(-c2ccccc2-c2noc(=O)[nH]2)cc1. The molecule has 0 fully saturated rings. The normalized spacial score (nSPS) is 15.2. The molecule has 5 rings (SSSR count). The van der Waals surface area contributed by atoms with E-state index in [0.29, 0.717) is 18.8 Å². The summed E-state index contributed by atoms with van der Waals surface area (Å²) in [6.45, 7) is 2.55. The Balaban J connectivity index is 1.46. The Morgan fingerprint density at radius 2 is 1.95 bits per heavy atom. The third-order valence-corrected chi connectivity index (χ3v) is 6.60. The molecule has 1 aliphatic carbocycles.